The van der Waals surface area contributed by atoms with Gasteiger partial charge in [-0.15, -0.1) is 0 Å². The molecule has 1 N–H and O–H groups in total. The molecule has 2 heterocycles. The number of aromatic nitrogens is 2. The minimum atomic E-state index is -0.0407. The molecule has 1 saturated heterocycles. The van der Waals surface area contributed by atoms with Gasteiger partial charge in [0.05, 0.1) is 26.0 Å². The van der Waals surface area contributed by atoms with Gasteiger partial charge in [-0.3, -0.25) is 9.69 Å². The summed E-state index contributed by atoms with van der Waals surface area (Å²) in [4.78, 5) is 26.7. The maximum Gasteiger partial charge on any atom is 0.243 e. The summed E-state index contributed by atoms with van der Waals surface area (Å²) in [6, 6.07) is 0. The van der Waals surface area contributed by atoms with Crippen molar-refractivity contribution in [1.29, 1.82) is 0 Å². The minimum absolute atomic E-state index is 0.0407. The molecular formula is C18H32ClN7O2. The van der Waals surface area contributed by atoms with Crippen LogP contribution in [0.4, 0.5) is 0 Å². The highest BCUT2D eigenvalue weighted by Crippen LogP contribution is 2.10. The van der Waals surface area contributed by atoms with Crippen molar-refractivity contribution in [2.75, 3.05) is 67.1 Å². The summed E-state index contributed by atoms with van der Waals surface area (Å²) in [7, 11) is 7.26. The van der Waals surface area contributed by atoms with Gasteiger partial charge >= 0.3 is 0 Å². The number of morpholine rings is 1. The summed E-state index contributed by atoms with van der Waals surface area (Å²) >= 11 is 6.08. The lowest BCUT2D eigenvalue weighted by molar-refractivity contribution is -0.127. The van der Waals surface area contributed by atoms with Crippen molar-refractivity contribution >= 4 is 23.5 Å². The maximum atomic E-state index is 11.9. The molecule has 0 unspecified atom stereocenters. The first-order chi connectivity index (χ1) is 13.4. The second-order valence-corrected chi connectivity index (χ2v) is 7.46. The van der Waals surface area contributed by atoms with E-state index in [0.29, 0.717) is 17.7 Å². The summed E-state index contributed by atoms with van der Waals surface area (Å²) in [6.07, 6.45) is 2.62. The Labute approximate surface area is 172 Å². The van der Waals surface area contributed by atoms with Gasteiger partial charge in [-0.2, -0.15) is 0 Å². The Balaban J connectivity index is 1.92. The standard InChI is InChI=1S/C18H32ClN7O2/c1-23(2)17(27)13-22-18(20-6-5-7-26-8-10-28-11-9-26)24(3)14-16-21-12-15(19)25(16)4/h12H,5-11,13-14H2,1-4H3,(H,20,22). The van der Waals surface area contributed by atoms with E-state index in [0.717, 1.165) is 51.6 Å². The molecule has 0 bridgehead atoms. The number of imidazole rings is 1. The number of carbonyl (C=O) groups is 1. The number of hydrogen-bond acceptors (Lipinski definition) is 5. The number of nitrogens with zero attached hydrogens (tertiary/aromatic N) is 6. The molecule has 2 rings (SSSR count). The van der Waals surface area contributed by atoms with Crippen LogP contribution < -0.4 is 5.32 Å². The summed E-state index contributed by atoms with van der Waals surface area (Å²) in [5, 5.41) is 3.96. The first kappa shape index (κ1) is 22.4. The Bertz CT molecular complexity index is 656. The molecule has 158 valence electrons. The second kappa shape index (κ2) is 11.2. The fourth-order valence-electron chi connectivity index (χ4n) is 2.78. The van der Waals surface area contributed by atoms with Gasteiger partial charge in [-0.1, -0.05) is 11.6 Å². The zero-order chi connectivity index (χ0) is 20.5. The maximum absolute atomic E-state index is 11.9. The fourth-order valence-corrected chi connectivity index (χ4v) is 2.93. The van der Waals surface area contributed by atoms with Gasteiger partial charge in [-0.25, -0.2) is 9.98 Å². The number of ether oxygens (including phenoxy) is 1. The zero-order valence-electron chi connectivity index (χ0n) is 17.3. The van der Waals surface area contributed by atoms with Crippen molar-refractivity contribution in [1.82, 2.24) is 29.6 Å². The highest BCUT2D eigenvalue weighted by Gasteiger charge is 2.14. The summed E-state index contributed by atoms with van der Waals surface area (Å²) in [5.74, 6) is 1.46. The zero-order valence-corrected chi connectivity index (χ0v) is 18.1. The van der Waals surface area contributed by atoms with Crippen LogP contribution in [-0.4, -0.2) is 103 Å². The number of halogens is 1. The molecule has 1 aromatic rings. The highest BCUT2D eigenvalue weighted by molar-refractivity contribution is 6.29. The van der Waals surface area contributed by atoms with Gasteiger partial charge in [0, 0.05) is 47.8 Å². The molecule has 0 radical (unpaired) electrons. The Morgan fingerprint density at radius 1 is 1.36 bits per heavy atom. The largest absolute Gasteiger partial charge is 0.379 e. The third-order valence-electron chi connectivity index (χ3n) is 4.67. The van der Waals surface area contributed by atoms with E-state index in [9.17, 15) is 4.79 Å². The molecule has 9 nitrogen and oxygen atoms in total. The van der Waals surface area contributed by atoms with Crippen molar-refractivity contribution in [2.45, 2.75) is 13.0 Å². The molecule has 0 aliphatic carbocycles. The molecule has 1 fully saturated rings. The summed E-state index contributed by atoms with van der Waals surface area (Å²) in [5.41, 5.74) is 0. The smallest absolute Gasteiger partial charge is 0.243 e. The molecule has 1 aromatic heterocycles. The van der Waals surface area contributed by atoms with Crippen molar-refractivity contribution < 1.29 is 9.53 Å². The number of rotatable bonds is 8. The van der Waals surface area contributed by atoms with E-state index in [2.05, 4.69) is 20.2 Å². The van der Waals surface area contributed by atoms with Gasteiger partial charge in [0.2, 0.25) is 5.91 Å². The first-order valence-corrected chi connectivity index (χ1v) is 9.92. The normalized spacial score (nSPS) is 15.5. The first-order valence-electron chi connectivity index (χ1n) is 9.54. The van der Waals surface area contributed by atoms with Crippen LogP contribution in [0.5, 0.6) is 0 Å². The van der Waals surface area contributed by atoms with E-state index in [-0.39, 0.29) is 12.5 Å². The third-order valence-corrected chi connectivity index (χ3v) is 5.02. The topological polar surface area (TPSA) is 78.2 Å². The van der Waals surface area contributed by atoms with Crippen LogP contribution in [0.15, 0.2) is 11.2 Å². The fraction of sp³-hybridized carbons (Fsp3) is 0.722. The van der Waals surface area contributed by atoms with E-state index in [1.54, 1.807) is 20.3 Å². The number of hydrogen-bond donors (Lipinski definition) is 1. The van der Waals surface area contributed by atoms with Crippen molar-refractivity contribution in [3.8, 4) is 0 Å². The molecule has 0 aromatic carbocycles. The lowest BCUT2D eigenvalue weighted by Gasteiger charge is -2.27. The Hall–Kier alpha value is -1.84. The van der Waals surface area contributed by atoms with E-state index in [4.69, 9.17) is 16.3 Å². The Morgan fingerprint density at radius 2 is 2.07 bits per heavy atom. The molecule has 28 heavy (non-hydrogen) atoms. The number of amides is 1. The van der Waals surface area contributed by atoms with Crippen molar-refractivity contribution in [3.63, 3.8) is 0 Å². The lowest BCUT2D eigenvalue weighted by Crippen LogP contribution is -2.42. The summed E-state index contributed by atoms with van der Waals surface area (Å²) < 4.78 is 7.21. The minimum Gasteiger partial charge on any atom is -0.379 e. The average Bonchev–Trinajstić information content (AvgIpc) is 2.99. The lowest BCUT2D eigenvalue weighted by atomic mass is 10.3. The molecule has 1 amide bonds. The Kier molecular flexibility index (Phi) is 9.01. The van der Waals surface area contributed by atoms with E-state index < -0.39 is 0 Å². The highest BCUT2D eigenvalue weighted by atomic mass is 35.5. The van der Waals surface area contributed by atoms with Crippen LogP contribution in [0.3, 0.4) is 0 Å². The van der Waals surface area contributed by atoms with E-state index in [1.165, 1.54) is 4.90 Å². The molecular weight excluding hydrogens is 382 g/mol. The third kappa shape index (κ3) is 6.96. The average molecular weight is 414 g/mol. The Morgan fingerprint density at radius 3 is 2.68 bits per heavy atom. The van der Waals surface area contributed by atoms with Gasteiger partial charge in [0.25, 0.3) is 0 Å². The number of likely N-dealkylation sites (N-methyl/N-ethyl adjacent to an activating group) is 1. The molecule has 0 saturated carbocycles. The number of aliphatic imine (C=N–C) groups is 1. The van der Waals surface area contributed by atoms with Crippen molar-refractivity contribution in [2.24, 2.45) is 12.0 Å². The van der Waals surface area contributed by atoms with Gasteiger partial charge < -0.3 is 24.4 Å². The van der Waals surface area contributed by atoms with Gasteiger partial charge in [0.15, 0.2) is 5.96 Å². The SMILES string of the molecule is CN(C)C(=O)CN=C(NCCCN1CCOCC1)N(C)Cc1ncc(Cl)n1C. The van der Waals surface area contributed by atoms with Crippen LogP contribution >= 0.6 is 11.6 Å². The number of nitrogens with one attached hydrogen (secondary N) is 1. The molecule has 1 aliphatic heterocycles. The van der Waals surface area contributed by atoms with Crippen LogP contribution in [0.2, 0.25) is 5.15 Å². The van der Waals surface area contributed by atoms with E-state index in [1.807, 2.05) is 23.6 Å². The van der Waals surface area contributed by atoms with Crippen LogP contribution in [-0.2, 0) is 23.1 Å². The van der Waals surface area contributed by atoms with Crippen LogP contribution in [0, 0.1) is 0 Å². The molecule has 0 spiro atoms. The second-order valence-electron chi connectivity index (χ2n) is 7.07. The predicted octanol–water partition coefficient (Wildman–Crippen LogP) is 0.261. The monoisotopic (exact) mass is 413 g/mol. The van der Waals surface area contributed by atoms with Crippen LogP contribution in [0.25, 0.3) is 0 Å². The number of guanidine groups is 1. The molecule has 1 aliphatic rings. The van der Waals surface area contributed by atoms with E-state index >= 15 is 0 Å². The van der Waals surface area contributed by atoms with Gasteiger partial charge in [0.1, 0.15) is 17.5 Å². The number of carbonyl (C=O) groups excluding carboxylic acids is 1. The predicted molar refractivity (Wildman–Crippen MR) is 111 cm³/mol. The molecule has 0 atom stereocenters. The van der Waals surface area contributed by atoms with Crippen molar-refractivity contribution in [3.05, 3.63) is 17.2 Å². The van der Waals surface area contributed by atoms with Crippen LogP contribution in [0.1, 0.15) is 12.2 Å². The van der Waals surface area contributed by atoms with Gasteiger partial charge in [-0.05, 0) is 13.0 Å². The summed E-state index contributed by atoms with van der Waals surface area (Å²) in [6.45, 7) is 6.01. The quantitative estimate of drug-likeness (QED) is 0.374. The molecule has 10 heteroatoms.